The van der Waals surface area contributed by atoms with E-state index in [0.29, 0.717) is 0 Å². The minimum atomic E-state index is 1.03. The molecule has 10 rings (SSSR count). The van der Waals surface area contributed by atoms with Crippen LogP contribution in [0.1, 0.15) is 0 Å². The van der Waals surface area contributed by atoms with Crippen molar-refractivity contribution in [2.45, 2.75) is 19.6 Å². The lowest BCUT2D eigenvalue weighted by Crippen LogP contribution is -2.14. The summed E-state index contributed by atoms with van der Waals surface area (Å²) in [5, 5.41) is 0. The molecule has 4 heterocycles. The molecular formula is C46H30N4S2. The van der Waals surface area contributed by atoms with Crippen LogP contribution in [-0.4, -0.2) is 9.97 Å². The number of aromatic nitrogens is 2. The van der Waals surface area contributed by atoms with Crippen LogP contribution < -0.4 is 9.80 Å². The van der Waals surface area contributed by atoms with Crippen LogP contribution in [-0.2, 0) is 0 Å². The van der Waals surface area contributed by atoms with E-state index in [2.05, 4.69) is 177 Å². The minimum Gasteiger partial charge on any atom is -0.308 e. The summed E-state index contributed by atoms with van der Waals surface area (Å²) in [6.07, 6.45) is 7.71. The number of fused-ring (bicyclic) bond motifs is 4. The Morgan fingerprint density at radius 1 is 0.308 bits per heavy atom. The van der Waals surface area contributed by atoms with Gasteiger partial charge < -0.3 is 9.80 Å². The van der Waals surface area contributed by atoms with Crippen LogP contribution in [0.15, 0.2) is 202 Å². The van der Waals surface area contributed by atoms with Crippen LogP contribution in [0.4, 0.5) is 34.1 Å². The number of para-hydroxylation sites is 4. The van der Waals surface area contributed by atoms with E-state index in [4.69, 9.17) is 0 Å². The molecule has 6 aromatic carbocycles. The summed E-state index contributed by atoms with van der Waals surface area (Å²) in [6, 6.07) is 56.4. The van der Waals surface area contributed by atoms with E-state index in [-0.39, 0.29) is 0 Å². The monoisotopic (exact) mass is 702 g/mol. The zero-order chi connectivity index (χ0) is 34.4. The average Bonchev–Trinajstić information content (AvgIpc) is 3.22. The Kier molecular flexibility index (Phi) is 7.63. The maximum Gasteiger partial charge on any atom is 0.0601 e. The van der Waals surface area contributed by atoms with Crippen LogP contribution in [0.2, 0.25) is 0 Å². The van der Waals surface area contributed by atoms with E-state index in [1.54, 1.807) is 0 Å². The Labute approximate surface area is 311 Å². The lowest BCUT2D eigenvalue weighted by Gasteiger charge is -2.32. The zero-order valence-electron chi connectivity index (χ0n) is 27.9. The summed E-state index contributed by atoms with van der Waals surface area (Å²) in [7, 11) is 0. The van der Waals surface area contributed by atoms with Crippen molar-refractivity contribution in [3.05, 3.63) is 183 Å². The second kappa shape index (κ2) is 12.9. The van der Waals surface area contributed by atoms with Gasteiger partial charge in [0.05, 0.1) is 22.7 Å². The zero-order valence-corrected chi connectivity index (χ0v) is 29.6. The van der Waals surface area contributed by atoms with Gasteiger partial charge in [-0.15, -0.1) is 0 Å². The fraction of sp³-hybridized carbons (Fsp3) is 0. The largest absolute Gasteiger partial charge is 0.308 e. The smallest absolute Gasteiger partial charge is 0.0601 e. The third-order valence-corrected chi connectivity index (χ3v) is 11.9. The van der Waals surface area contributed by atoms with Gasteiger partial charge in [-0.3, -0.25) is 9.97 Å². The van der Waals surface area contributed by atoms with Gasteiger partial charge in [0, 0.05) is 78.0 Å². The predicted molar refractivity (Wildman–Crippen MR) is 216 cm³/mol. The van der Waals surface area contributed by atoms with E-state index >= 15 is 0 Å². The quantitative estimate of drug-likeness (QED) is 0.178. The normalized spacial score (nSPS) is 12.8. The summed E-state index contributed by atoms with van der Waals surface area (Å²) >= 11 is 3.65. The van der Waals surface area contributed by atoms with Crippen LogP contribution in [0.5, 0.6) is 0 Å². The molecule has 4 nitrogen and oxygen atoms in total. The Bertz CT molecular complexity index is 2330. The molecule has 0 atom stereocenters. The number of hydrogen-bond donors (Lipinski definition) is 0. The molecule has 0 spiro atoms. The lowest BCUT2D eigenvalue weighted by atomic mass is 10.00. The average molecular weight is 703 g/mol. The van der Waals surface area contributed by atoms with E-state index in [1.165, 1.54) is 42.3 Å². The SMILES string of the molecule is c1ccc2c(c1)Sc1ccccc1N2c1ccc(-c2cncc(-c3cncc(-c4ccc(N5c6ccccc6Sc6ccccc65)cc4)c3)c2)cc1. The highest BCUT2D eigenvalue weighted by molar-refractivity contribution is 8.00. The fourth-order valence-electron chi connectivity index (χ4n) is 7.08. The molecule has 0 amide bonds. The van der Waals surface area contributed by atoms with Gasteiger partial charge >= 0.3 is 0 Å². The van der Waals surface area contributed by atoms with Crippen LogP contribution in [0.25, 0.3) is 33.4 Å². The number of rotatable bonds is 5. The molecule has 52 heavy (non-hydrogen) atoms. The predicted octanol–water partition coefficient (Wildman–Crippen LogP) is 13.3. The third kappa shape index (κ3) is 5.44. The van der Waals surface area contributed by atoms with Crippen LogP contribution in [0, 0.1) is 0 Å². The number of nitrogens with zero attached hydrogens (tertiary/aromatic N) is 4. The molecule has 6 heteroatoms. The van der Waals surface area contributed by atoms with Crippen molar-refractivity contribution in [2.24, 2.45) is 0 Å². The molecule has 2 aliphatic rings. The summed E-state index contributed by atoms with van der Waals surface area (Å²) in [5.41, 5.74) is 13.5. The van der Waals surface area contributed by atoms with Crippen molar-refractivity contribution in [3.63, 3.8) is 0 Å². The molecule has 2 aliphatic heterocycles. The topological polar surface area (TPSA) is 32.3 Å². The number of benzene rings is 6. The summed E-state index contributed by atoms with van der Waals surface area (Å²) in [6.45, 7) is 0. The van der Waals surface area contributed by atoms with Gasteiger partial charge in [-0.25, -0.2) is 0 Å². The minimum absolute atomic E-state index is 1.03. The Hall–Kier alpha value is -6.08. The number of anilines is 6. The Balaban J connectivity index is 0.931. The summed E-state index contributed by atoms with van der Waals surface area (Å²) in [4.78, 5) is 19.1. The molecule has 0 fully saturated rings. The molecule has 0 unspecified atom stereocenters. The molecule has 0 saturated carbocycles. The molecule has 246 valence electrons. The first-order valence-corrected chi connectivity index (χ1v) is 18.8. The molecule has 0 N–H and O–H groups in total. The van der Waals surface area contributed by atoms with E-state index < -0.39 is 0 Å². The van der Waals surface area contributed by atoms with Crippen molar-refractivity contribution >= 4 is 57.6 Å². The molecule has 0 radical (unpaired) electrons. The number of pyridine rings is 2. The summed E-state index contributed by atoms with van der Waals surface area (Å²) in [5.74, 6) is 0. The van der Waals surface area contributed by atoms with Gasteiger partial charge in [-0.05, 0) is 96.1 Å². The number of hydrogen-bond acceptors (Lipinski definition) is 6. The van der Waals surface area contributed by atoms with E-state index in [9.17, 15) is 0 Å². The van der Waals surface area contributed by atoms with Gasteiger partial charge in [0.15, 0.2) is 0 Å². The standard InChI is InChI=1S/C46H30N4S2/c1-5-13-43-39(9-1)49(40-10-2-6-14-44(40)51-43)37-21-17-31(18-22-37)33-25-35(29-47-27-33)36-26-34(28-48-30-36)32-19-23-38(24-20-32)50-41-11-3-7-15-45(41)52-46-16-8-4-12-42(46)50/h1-30H. The third-order valence-electron chi connectivity index (χ3n) is 9.59. The molecule has 0 bridgehead atoms. The van der Waals surface area contributed by atoms with E-state index in [0.717, 1.165) is 44.8 Å². The first kappa shape index (κ1) is 30.7. The van der Waals surface area contributed by atoms with Crippen molar-refractivity contribution in [2.75, 3.05) is 9.80 Å². The van der Waals surface area contributed by atoms with Gasteiger partial charge in [0.2, 0.25) is 0 Å². The van der Waals surface area contributed by atoms with Crippen molar-refractivity contribution in [3.8, 4) is 33.4 Å². The fourth-order valence-corrected chi connectivity index (χ4v) is 9.20. The van der Waals surface area contributed by atoms with Gasteiger partial charge in [0.25, 0.3) is 0 Å². The van der Waals surface area contributed by atoms with Crippen molar-refractivity contribution in [1.82, 2.24) is 9.97 Å². The summed E-state index contributed by atoms with van der Waals surface area (Å²) < 4.78 is 0. The molecule has 8 aromatic rings. The Morgan fingerprint density at radius 3 is 0.923 bits per heavy atom. The second-order valence-electron chi connectivity index (χ2n) is 12.8. The molecule has 2 aromatic heterocycles. The molecule has 0 aliphatic carbocycles. The van der Waals surface area contributed by atoms with Crippen molar-refractivity contribution < 1.29 is 0 Å². The molecule has 0 saturated heterocycles. The van der Waals surface area contributed by atoms with Gasteiger partial charge in [-0.1, -0.05) is 96.3 Å². The van der Waals surface area contributed by atoms with Crippen LogP contribution >= 0.6 is 23.5 Å². The second-order valence-corrected chi connectivity index (χ2v) is 14.9. The van der Waals surface area contributed by atoms with E-state index in [1.807, 2.05) is 48.3 Å². The maximum atomic E-state index is 4.66. The first-order chi connectivity index (χ1) is 25.8. The Morgan fingerprint density at radius 2 is 0.596 bits per heavy atom. The highest BCUT2D eigenvalue weighted by Crippen LogP contribution is 2.52. The molecular weight excluding hydrogens is 673 g/mol. The lowest BCUT2D eigenvalue weighted by molar-refractivity contribution is 1.17. The van der Waals surface area contributed by atoms with Crippen molar-refractivity contribution in [1.29, 1.82) is 0 Å². The highest BCUT2D eigenvalue weighted by Gasteiger charge is 2.25. The van der Waals surface area contributed by atoms with Gasteiger partial charge in [-0.2, -0.15) is 0 Å². The first-order valence-electron chi connectivity index (χ1n) is 17.2. The maximum absolute atomic E-state index is 4.66. The van der Waals surface area contributed by atoms with Crippen LogP contribution in [0.3, 0.4) is 0 Å². The highest BCUT2D eigenvalue weighted by atomic mass is 32.2. The van der Waals surface area contributed by atoms with Gasteiger partial charge in [0.1, 0.15) is 0 Å².